The van der Waals surface area contributed by atoms with Crippen LogP contribution in [-0.2, 0) is 6.54 Å². The maximum absolute atomic E-state index is 13.5. The van der Waals surface area contributed by atoms with E-state index in [1.807, 2.05) is 48.0 Å². The van der Waals surface area contributed by atoms with Crippen molar-refractivity contribution < 1.29 is 4.74 Å². The molecule has 8 nitrogen and oxygen atoms in total. The predicted molar refractivity (Wildman–Crippen MR) is 136 cm³/mol. The second-order valence-electron chi connectivity index (χ2n) is 9.78. The van der Waals surface area contributed by atoms with Crippen LogP contribution in [-0.4, -0.2) is 50.3 Å². The third-order valence-electron chi connectivity index (χ3n) is 6.99. The van der Waals surface area contributed by atoms with Crippen LogP contribution in [0.3, 0.4) is 0 Å². The number of piperidine rings is 1. The van der Waals surface area contributed by atoms with Gasteiger partial charge in [0.15, 0.2) is 5.82 Å². The first-order valence-corrected chi connectivity index (χ1v) is 12.2. The molecule has 0 aliphatic carbocycles. The molecule has 35 heavy (non-hydrogen) atoms. The van der Waals surface area contributed by atoms with Crippen molar-refractivity contribution in [1.82, 2.24) is 30.1 Å². The maximum Gasteiger partial charge on any atom is 0.253 e. The van der Waals surface area contributed by atoms with Crippen molar-refractivity contribution in [3.63, 3.8) is 0 Å². The molecule has 1 saturated heterocycles. The average Bonchev–Trinajstić information content (AvgIpc) is 3.28. The van der Waals surface area contributed by atoms with Crippen LogP contribution in [0.1, 0.15) is 53.9 Å². The van der Waals surface area contributed by atoms with Crippen LogP contribution >= 0.6 is 0 Å². The number of aryl methyl sites for hydroxylation is 2. The van der Waals surface area contributed by atoms with Crippen molar-refractivity contribution in [2.24, 2.45) is 5.92 Å². The van der Waals surface area contributed by atoms with Gasteiger partial charge in [-0.25, -0.2) is 4.68 Å². The molecule has 2 aromatic heterocycles. The van der Waals surface area contributed by atoms with Gasteiger partial charge in [-0.1, -0.05) is 25.1 Å². The molecule has 8 heteroatoms. The van der Waals surface area contributed by atoms with Crippen LogP contribution in [0.4, 0.5) is 0 Å². The fourth-order valence-corrected chi connectivity index (χ4v) is 5.28. The highest BCUT2D eigenvalue weighted by molar-refractivity contribution is 5.83. The predicted octanol–water partition coefficient (Wildman–Crippen LogP) is 4.01. The van der Waals surface area contributed by atoms with E-state index in [0.717, 1.165) is 52.9 Å². The van der Waals surface area contributed by atoms with Gasteiger partial charge in [-0.15, -0.1) is 5.10 Å². The van der Waals surface area contributed by atoms with Gasteiger partial charge >= 0.3 is 0 Å². The number of rotatable bonds is 6. The minimum Gasteiger partial charge on any atom is -0.497 e. The molecule has 3 heterocycles. The third kappa shape index (κ3) is 4.71. The molecule has 1 fully saturated rings. The monoisotopic (exact) mass is 472 g/mol. The van der Waals surface area contributed by atoms with Crippen LogP contribution in [0.25, 0.3) is 10.9 Å². The lowest BCUT2D eigenvalue weighted by Crippen LogP contribution is -2.41. The molecule has 4 aromatic rings. The number of pyridine rings is 1. The largest absolute Gasteiger partial charge is 0.497 e. The Labute approximate surface area is 204 Å². The Morgan fingerprint density at radius 3 is 2.71 bits per heavy atom. The second-order valence-corrected chi connectivity index (χ2v) is 9.78. The Bertz CT molecular complexity index is 1390. The Morgan fingerprint density at radius 1 is 1.17 bits per heavy atom. The number of hydrogen-bond acceptors (Lipinski definition) is 6. The molecule has 0 bridgehead atoms. The number of tetrazole rings is 1. The number of ether oxygens (including phenoxy) is 1. The number of methoxy groups -OCH3 is 1. The summed E-state index contributed by atoms with van der Waals surface area (Å²) in [5, 5.41) is 13.9. The SMILES string of the molecule is COc1ccc(Cn2nnnc2C(c2cc3c(C)cc(C)cc3[nH]c2=O)N2CCCC(C)C2)cc1. The zero-order valence-electron chi connectivity index (χ0n) is 20.8. The van der Waals surface area contributed by atoms with Crippen LogP contribution < -0.4 is 10.3 Å². The quantitative estimate of drug-likeness (QED) is 0.456. The topological polar surface area (TPSA) is 88.9 Å². The summed E-state index contributed by atoms with van der Waals surface area (Å²) in [6.45, 7) is 8.70. The van der Waals surface area contributed by atoms with Crippen molar-refractivity contribution in [2.45, 2.75) is 46.2 Å². The van der Waals surface area contributed by atoms with E-state index in [9.17, 15) is 4.79 Å². The molecule has 0 radical (unpaired) electrons. The number of likely N-dealkylation sites (tertiary alicyclic amines) is 1. The lowest BCUT2D eigenvalue weighted by Gasteiger charge is -2.36. The van der Waals surface area contributed by atoms with Gasteiger partial charge in [0.1, 0.15) is 11.8 Å². The highest BCUT2D eigenvalue weighted by atomic mass is 16.5. The number of aromatic nitrogens is 5. The standard InChI is InChI=1S/C27H32N6O2/c1-17-6-5-11-32(15-17)25(23-14-22-19(3)12-18(2)13-24(22)28-27(23)34)26-29-30-31-33(26)16-20-7-9-21(35-4)10-8-20/h7-10,12-14,17,25H,5-6,11,15-16H2,1-4H3,(H,28,34). The van der Waals surface area contributed by atoms with Gasteiger partial charge in [0, 0.05) is 23.0 Å². The van der Waals surface area contributed by atoms with Crippen molar-refractivity contribution in [2.75, 3.05) is 20.2 Å². The zero-order valence-corrected chi connectivity index (χ0v) is 20.8. The molecule has 1 aliphatic rings. The van der Waals surface area contributed by atoms with E-state index in [0.29, 0.717) is 23.9 Å². The van der Waals surface area contributed by atoms with Gasteiger partial charge in [0.25, 0.3) is 5.56 Å². The zero-order chi connectivity index (χ0) is 24.5. The van der Waals surface area contributed by atoms with E-state index in [-0.39, 0.29) is 11.6 Å². The van der Waals surface area contributed by atoms with E-state index < -0.39 is 0 Å². The molecule has 5 rings (SSSR count). The summed E-state index contributed by atoms with van der Waals surface area (Å²) in [6.07, 6.45) is 2.27. The van der Waals surface area contributed by atoms with Gasteiger partial charge in [-0.05, 0) is 90.5 Å². The number of benzene rings is 2. The summed E-state index contributed by atoms with van der Waals surface area (Å²) < 4.78 is 7.10. The molecule has 0 amide bonds. The molecule has 1 aliphatic heterocycles. The maximum atomic E-state index is 13.5. The summed E-state index contributed by atoms with van der Waals surface area (Å²) in [5.41, 5.74) is 4.78. The van der Waals surface area contributed by atoms with Gasteiger partial charge in [-0.2, -0.15) is 0 Å². The fourth-order valence-electron chi connectivity index (χ4n) is 5.28. The summed E-state index contributed by atoms with van der Waals surface area (Å²) in [6, 6.07) is 13.8. The minimum atomic E-state index is -0.333. The number of fused-ring (bicyclic) bond motifs is 1. The third-order valence-corrected chi connectivity index (χ3v) is 6.99. The molecule has 2 aromatic carbocycles. The molecular weight excluding hydrogens is 440 g/mol. The lowest BCUT2D eigenvalue weighted by molar-refractivity contribution is 0.141. The lowest BCUT2D eigenvalue weighted by atomic mass is 9.95. The van der Waals surface area contributed by atoms with Gasteiger partial charge < -0.3 is 9.72 Å². The normalized spacial score (nSPS) is 17.5. The van der Waals surface area contributed by atoms with Gasteiger partial charge in [-0.3, -0.25) is 9.69 Å². The van der Waals surface area contributed by atoms with E-state index in [1.54, 1.807) is 7.11 Å². The van der Waals surface area contributed by atoms with Crippen LogP contribution in [0.15, 0.2) is 47.3 Å². The van der Waals surface area contributed by atoms with Crippen molar-refractivity contribution in [3.8, 4) is 5.75 Å². The molecule has 0 spiro atoms. The van der Waals surface area contributed by atoms with E-state index in [2.05, 4.69) is 45.3 Å². The van der Waals surface area contributed by atoms with E-state index >= 15 is 0 Å². The van der Waals surface area contributed by atoms with Crippen molar-refractivity contribution in [1.29, 1.82) is 0 Å². The van der Waals surface area contributed by atoms with Crippen LogP contribution in [0.5, 0.6) is 5.75 Å². The van der Waals surface area contributed by atoms with Crippen LogP contribution in [0, 0.1) is 19.8 Å². The molecule has 2 atom stereocenters. The smallest absolute Gasteiger partial charge is 0.253 e. The Kier molecular flexibility index (Phi) is 6.38. The van der Waals surface area contributed by atoms with Gasteiger partial charge in [0.2, 0.25) is 0 Å². The molecule has 182 valence electrons. The van der Waals surface area contributed by atoms with E-state index in [4.69, 9.17) is 4.74 Å². The number of H-pyrrole nitrogens is 1. The van der Waals surface area contributed by atoms with E-state index in [1.165, 1.54) is 6.42 Å². The average molecular weight is 473 g/mol. The fraction of sp³-hybridized carbons (Fsp3) is 0.407. The first-order chi connectivity index (χ1) is 16.9. The minimum absolute atomic E-state index is 0.0928. The Balaban J connectivity index is 1.61. The highest BCUT2D eigenvalue weighted by Crippen LogP contribution is 2.32. The number of nitrogens with zero attached hydrogens (tertiary/aromatic N) is 5. The molecule has 2 unspecified atom stereocenters. The number of nitrogens with one attached hydrogen (secondary N) is 1. The second kappa shape index (κ2) is 9.62. The first-order valence-electron chi connectivity index (χ1n) is 12.2. The Hall–Kier alpha value is -3.52. The highest BCUT2D eigenvalue weighted by Gasteiger charge is 2.33. The summed E-state index contributed by atoms with van der Waals surface area (Å²) in [5.74, 6) is 2.03. The summed E-state index contributed by atoms with van der Waals surface area (Å²) in [4.78, 5) is 19.0. The number of hydrogen-bond donors (Lipinski definition) is 1. The summed E-state index contributed by atoms with van der Waals surface area (Å²) in [7, 11) is 1.66. The summed E-state index contributed by atoms with van der Waals surface area (Å²) >= 11 is 0. The molecular formula is C27H32N6O2. The van der Waals surface area contributed by atoms with Crippen molar-refractivity contribution in [3.05, 3.63) is 80.9 Å². The molecule has 1 N–H and O–H groups in total. The number of aromatic amines is 1. The Morgan fingerprint density at radius 2 is 1.97 bits per heavy atom. The first kappa shape index (κ1) is 23.2. The van der Waals surface area contributed by atoms with Crippen LogP contribution in [0.2, 0.25) is 0 Å². The molecule has 0 saturated carbocycles. The van der Waals surface area contributed by atoms with Crippen molar-refractivity contribution >= 4 is 10.9 Å². The van der Waals surface area contributed by atoms with Gasteiger partial charge in [0.05, 0.1) is 13.7 Å².